The highest BCUT2D eigenvalue weighted by Gasteiger charge is 2.25. The lowest BCUT2D eigenvalue weighted by Crippen LogP contribution is -2.14. The molecule has 220 valence electrons. The Morgan fingerprint density at radius 3 is 2.40 bits per heavy atom. The molecule has 0 spiro atoms. The Labute approximate surface area is 256 Å². The van der Waals surface area contributed by atoms with E-state index in [4.69, 9.17) is 37.2 Å². The van der Waals surface area contributed by atoms with Crippen LogP contribution in [0.4, 0.5) is 15.8 Å². The van der Waals surface area contributed by atoms with Crippen LogP contribution in [0.2, 0.25) is 10.0 Å². The van der Waals surface area contributed by atoms with Gasteiger partial charge < -0.3 is 24.6 Å². The van der Waals surface area contributed by atoms with Crippen molar-refractivity contribution in [2.75, 3.05) is 17.7 Å². The summed E-state index contributed by atoms with van der Waals surface area (Å²) >= 11 is 12.6. The van der Waals surface area contributed by atoms with E-state index in [9.17, 15) is 9.59 Å². The molecule has 0 fully saturated rings. The molecule has 0 aliphatic heterocycles. The first-order valence-electron chi connectivity index (χ1n) is 13.3. The van der Waals surface area contributed by atoms with Crippen molar-refractivity contribution >= 4 is 57.2 Å². The van der Waals surface area contributed by atoms with Crippen LogP contribution < -0.4 is 20.1 Å². The van der Waals surface area contributed by atoms with Gasteiger partial charge in [0.15, 0.2) is 11.6 Å². The number of ether oxygens (including phenoxy) is 2. The van der Waals surface area contributed by atoms with Crippen LogP contribution in [0.3, 0.4) is 0 Å². The standard InChI is InChI=1S/C32H26Cl2FN3O5/c1-4-7-28(39)37-24-16-20-18(14-27(24)41-3)8-5-11-25(20)42-26-13-12-19(15-23(26)35)36-32(40)29-17(2)43-38-31(29)30-21(33)9-6-10-22(30)34/h5-6,8-16H,4,7H2,1-3H3,(H,36,40)(H,37,39). The van der Waals surface area contributed by atoms with Gasteiger partial charge in [-0.2, -0.15) is 0 Å². The number of rotatable bonds is 9. The summed E-state index contributed by atoms with van der Waals surface area (Å²) in [5.74, 6) is -0.420. The number of nitrogens with one attached hydrogen (secondary N) is 2. The Hall–Kier alpha value is -4.60. The third-order valence-electron chi connectivity index (χ3n) is 6.61. The van der Waals surface area contributed by atoms with Gasteiger partial charge >= 0.3 is 0 Å². The van der Waals surface area contributed by atoms with Crippen LogP contribution in [0, 0.1) is 12.7 Å². The molecule has 2 N–H and O–H groups in total. The van der Waals surface area contributed by atoms with Gasteiger partial charge in [-0.15, -0.1) is 0 Å². The van der Waals surface area contributed by atoms with Crippen LogP contribution in [0.15, 0.2) is 71.3 Å². The van der Waals surface area contributed by atoms with E-state index < -0.39 is 11.7 Å². The van der Waals surface area contributed by atoms with Gasteiger partial charge in [0, 0.05) is 29.1 Å². The van der Waals surface area contributed by atoms with Crippen LogP contribution >= 0.6 is 23.2 Å². The Morgan fingerprint density at radius 2 is 1.70 bits per heavy atom. The Morgan fingerprint density at radius 1 is 0.953 bits per heavy atom. The molecule has 0 atom stereocenters. The Kier molecular flexibility index (Phi) is 8.84. The maximum absolute atomic E-state index is 15.3. The van der Waals surface area contributed by atoms with Gasteiger partial charge in [0.25, 0.3) is 5.91 Å². The van der Waals surface area contributed by atoms with Crippen molar-refractivity contribution in [2.45, 2.75) is 26.7 Å². The van der Waals surface area contributed by atoms with Gasteiger partial charge in [0.2, 0.25) is 5.91 Å². The molecule has 4 aromatic carbocycles. The van der Waals surface area contributed by atoms with Crippen molar-refractivity contribution in [2.24, 2.45) is 0 Å². The predicted molar refractivity (Wildman–Crippen MR) is 165 cm³/mol. The monoisotopic (exact) mass is 621 g/mol. The topological polar surface area (TPSA) is 103 Å². The SMILES string of the molecule is CCCC(=O)Nc1cc2c(Oc3ccc(NC(=O)c4c(-c5c(Cl)cccc5Cl)noc4C)cc3F)cccc2cc1OC. The van der Waals surface area contributed by atoms with E-state index >= 15 is 4.39 Å². The summed E-state index contributed by atoms with van der Waals surface area (Å²) in [4.78, 5) is 25.5. The number of hydrogen-bond acceptors (Lipinski definition) is 6. The molecule has 1 heterocycles. The fraction of sp³-hybridized carbons (Fsp3) is 0.156. The molecule has 0 unspecified atom stereocenters. The number of methoxy groups -OCH3 is 1. The van der Waals surface area contributed by atoms with Crippen molar-refractivity contribution < 1.29 is 28.0 Å². The lowest BCUT2D eigenvalue weighted by molar-refractivity contribution is -0.116. The molecule has 5 rings (SSSR count). The number of hydrogen-bond donors (Lipinski definition) is 2. The van der Waals surface area contributed by atoms with Gasteiger partial charge in [-0.05, 0) is 61.2 Å². The number of benzene rings is 4. The molecule has 1 aromatic heterocycles. The molecular weight excluding hydrogens is 596 g/mol. The van der Waals surface area contributed by atoms with E-state index in [1.54, 1.807) is 49.4 Å². The largest absolute Gasteiger partial charge is 0.495 e. The summed E-state index contributed by atoms with van der Waals surface area (Å²) < 4.78 is 32.0. The van der Waals surface area contributed by atoms with Crippen LogP contribution in [-0.2, 0) is 4.79 Å². The van der Waals surface area contributed by atoms with Crippen molar-refractivity contribution in [1.82, 2.24) is 5.16 Å². The van der Waals surface area contributed by atoms with Crippen molar-refractivity contribution in [1.29, 1.82) is 0 Å². The first-order valence-corrected chi connectivity index (χ1v) is 14.1. The quantitative estimate of drug-likeness (QED) is 0.170. The van der Waals surface area contributed by atoms with E-state index in [2.05, 4.69) is 15.8 Å². The average molecular weight is 622 g/mol. The number of halogens is 3. The molecule has 2 amide bonds. The maximum Gasteiger partial charge on any atom is 0.261 e. The van der Waals surface area contributed by atoms with E-state index in [1.807, 2.05) is 13.0 Å². The number of anilines is 2. The zero-order chi connectivity index (χ0) is 30.7. The van der Waals surface area contributed by atoms with E-state index in [0.717, 1.165) is 11.5 Å². The van der Waals surface area contributed by atoms with Crippen molar-refractivity contribution in [3.8, 4) is 28.5 Å². The van der Waals surface area contributed by atoms with Crippen LogP contribution in [-0.4, -0.2) is 24.1 Å². The van der Waals surface area contributed by atoms with Gasteiger partial charge in [0.05, 0.1) is 22.8 Å². The van der Waals surface area contributed by atoms with Crippen molar-refractivity contribution in [3.05, 3.63) is 93.9 Å². The molecule has 5 aromatic rings. The highest BCUT2D eigenvalue weighted by Crippen LogP contribution is 2.39. The first kappa shape index (κ1) is 29.9. The molecule has 0 saturated carbocycles. The van der Waals surface area contributed by atoms with E-state index in [-0.39, 0.29) is 34.4 Å². The van der Waals surface area contributed by atoms with Crippen LogP contribution in [0.5, 0.6) is 17.2 Å². The smallest absolute Gasteiger partial charge is 0.261 e. The Bertz CT molecular complexity index is 1840. The minimum absolute atomic E-state index is 0.0671. The van der Waals surface area contributed by atoms with Crippen molar-refractivity contribution in [3.63, 3.8) is 0 Å². The van der Waals surface area contributed by atoms with Gasteiger partial charge in [0.1, 0.15) is 28.5 Å². The zero-order valence-corrected chi connectivity index (χ0v) is 24.9. The lowest BCUT2D eigenvalue weighted by Gasteiger charge is -2.15. The van der Waals surface area contributed by atoms with Gasteiger partial charge in [-0.1, -0.05) is 53.5 Å². The molecule has 0 saturated heterocycles. The van der Waals surface area contributed by atoms with E-state index in [1.165, 1.54) is 19.2 Å². The van der Waals surface area contributed by atoms with Gasteiger partial charge in [-0.25, -0.2) is 4.39 Å². The zero-order valence-electron chi connectivity index (χ0n) is 23.4. The summed E-state index contributed by atoms with van der Waals surface area (Å²) in [5, 5.41) is 11.5. The molecule has 0 radical (unpaired) electrons. The maximum atomic E-state index is 15.3. The first-order chi connectivity index (χ1) is 20.7. The highest BCUT2D eigenvalue weighted by molar-refractivity contribution is 6.39. The van der Waals surface area contributed by atoms with Crippen LogP contribution in [0.25, 0.3) is 22.0 Å². The van der Waals surface area contributed by atoms with E-state index in [0.29, 0.717) is 51.0 Å². The molecule has 0 aliphatic carbocycles. The second-order valence-corrected chi connectivity index (χ2v) is 10.4. The molecule has 0 aliphatic rings. The summed E-state index contributed by atoms with van der Waals surface area (Å²) in [6.45, 7) is 3.49. The summed E-state index contributed by atoms with van der Waals surface area (Å²) in [7, 11) is 1.52. The fourth-order valence-electron chi connectivity index (χ4n) is 4.58. The Balaban J connectivity index is 1.40. The summed E-state index contributed by atoms with van der Waals surface area (Å²) in [5.41, 5.74) is 1.29. The number of aryl methyl sites for hydroxylation is 1. The summed E-state index contributed by atoms with van der Waals surface area (Å²) in [6, 6.07) is 17.8. The summed E-state index contributed by atoms with van der Waals surface area (Å²) in [6.07, 6.45) is 1.06. The number of amides is 2. The molecule has 43 heavy (non-hydrogen) atoms. The third kappa shape index (κ3) is 6.28. The highest BCUT2D eigenvalue weighted by atomic mass is 35.5. The number of carbonyl (C=O) groups is 2. The molecule has 8 nitrogen and oxygen atoms in total. The fourth-order valence-corrected chi connectivity index (χ4v) is 5.16. The molecule has 11 heteroatoms. The number of fused-ring (bicyclic) bond motifs is 1. The average Bonchev–Trinajstić information content (AvgIpc) is 3.35. The van der Waals surface area contributed by atoms with Gasteiger partial charge in [-0.3, -0.25) is 9.59 Å². The normalized spacial score (nSPS) is 10.9. The number of aromatic nitrogens is 1. The minimum Gasteiger partial charge on any atom is -0.495 e. The number of nitrogens with zero attached hydrogens (tertiary/aromatic N) is 1. The molecular formula is C32H26Cl2FN3O5. The van der Waals surface area contributed by atoms with Crippen LogP contribution in [0.1, 0.15) is 35.9 Å². The predicted octanol–water partition coefficient (Wildman–Crippen LogP) is 9.04. The molecule has 0 bridgehead atoms. The third-order valence-corrected chi connectivity index (χ3v) is 7.24. The lowest BCUT2D eigenvalue weighted by atomic mass is 10.1. The number of carbonyl (C=O) groups excluding carboxylic acids is 2. The second-order valence-electron chi connectivity index (χ2n) is 9.59. The second kappa shape index (κ2) is 12.7. The minimum atomic E-state index is -0.712.